The van der Waals surface area contributed by atoms with Gasteiger partial charge in [-0.15, -0.1) is 0 Å². The molecule has 0 radical (unpaired) electrons. The van der Waals surface area contributed by atoms with Crippen LogP contribution in [-0.2, 0) is 6.54 Å². The van der Waals surface area contributed by atoms with Gasteiger partial charge in [-0.3, -0.25) is 0 Å². The minimum Gasteiger partial charge on any atom is -0.496 e. The number of hydrogen-bond acceptors (Lipinski definition) is 3. The summed E-state index contributed by atoms with van der Waals surface area (Å²) in [6.45, 7) is 6.11. The van der Waals surface area contributed by atoms with Crippen LogP contribution in [-0.4, -0.2) is 31.6 Å². The SMILES string of the molecule is COc1ccc(CN(C)CCC(C)N)cc1C. The summed E-state index contributed by atoms with van der Waals surface area (Å²) in [5.41, 5.74) is 8.25. The lowest BCUT2D eigenvalue weighted by molar-refractivity contribution is 0.313. The third-order valence-electron chi connectivity index (χ3n) is 2.88. The fourth-order valence-electron chi connectivity index (χ4n) is 1.85. The number of hydrogen-bond donors (Lipinski definition) is 1. The number of nitrogens with two attached hydrogens (primary N) is 1. The summed E-state index contributed by atoms with van der Waals surface area (Å²) < 4.78 is 5.25. The summed E-state index contributed by atoms with van der Waals surface area (Å²) in [5.74, 6) is 0.951. The highest BCUT2D eigenvalue weighted by Gasteiger charge is 2.04. The van der Waals surface area contributed by atoms with Crippen molar-refractivity contribution in [3.05, 3.63) is 29.3 Å². The van der Waals surface area contributed by atoms with Crippen LogP contribution in [0.25, 0.3) is 0 Å². The summed E-state index contributed by atoms with van der Waals surface area (Å²) in [6, 6.07) is 6.61. The number of ether oxygens (including phenoxy) is 1. The normalized spacial score (nSPS) is 12.8. The smallest absolute Gasteiger partial charge is 0.121 e. The molecule has 3 nitrogen and oxygen atoms in total. The highest BCUT2D eigenvalue weighted by Crippen LogP contribution is 2.19. The third kappa shape index (κ3) is 4.75. The van der Waals surface area contributed by atoms with Gasteiger partial charge in [0, 0.05) is 12.6 Å². The molecule has 3 heteroatoms. The number of nitrogens with zero attached hydrogens (tertiary/aromatic N) is 1. The van der Waals surface area contributed by atoms with E-state index in [1.165, 1.54) is 11.1 Å². The van der Waals surface area contributed by atoms with E-state index in [2.05, 4.69) is 31.0 Å². The fraction of sp³-hybridized carbons (Fsp3) is 0.571. The monoisotopic (exact) mass is 236 g/mol. The second kappa shape index (κ2) is 6.62. The molecule has 2 N–H and O–H groups in total. The van der Waals surface area contributed by atoms with Crippen LogP contribution in [0, 0.1) is 6.92 Å². The Morgan fingerprint density at radius 1 is 1.41 bits per heavy atom. The first kappa shape index (κ1) is 14.0. The maximum absolute atomic E-state index is 5.75. The van der Waals surface area contributed by atoms with Crippen LogP contribution in [0.2, 0.25) is 0 Å². The predicted octanol–water partition coefficient (Wildman–Crippen LogP) is 2.17. The summed E-state index contributed by atoms with van der Waals surface area (Å²) in [7, 11) is 3.83. The molecule has 1 rings (SSSR count). The molecule has 0 aliphatic rings. The maximum atomic E-state index is 5.75. The van der Waals surface area contributed by atoms with Crippen molar-refractivity contribution in [1.82, 2.24) is 4.90 Å². The first-order valence-electron chi connectivity index (χ1n) is 6.10. The molecule has 1 atom stereocenters. The second-order valence-corrected chi connectivity index (χ2v) is 4.81. The summed E-state index contributed by atoms with van der Waals surface area (Å²) >= 11 is 0. The van der Waals surface area contributed by atoms with Crippen molar-refractivity contribution in [2.75, 3.05) is 20.7 Å². The predicted molar refractivity (Wildman–Crippen MR) is 72.3 cm³/mol. The van der Waals surface area contributed by atoms with E-state index in [-0.39, 0.29) is 6.04 Å². The first-order chi connectivity index (χ1) is 8.02. The molecule has 0 aliphatic carbocycles. The van der Waals surface area contributed by atoms with Gasteiger partial charge < -0.3 is 15.4 Å². The standard InChI is InChI=1S/C14H24N2O/c1-11-9-13(5-6-14(11)17-4)10-16(3)8-7-12(2)15/h5-6,9,12H,7-8,10,15H2,1-4H3. The average Bonchev–Trinajstić information content (AvgIpc) is 2.26. The van der Waals surface area contributed by atoms with E-state index in [0.29, 0.717) is 0 Å². The molecule has 17 heavy (non-hydrogen) atoms. The molecule has 0 spiro atoms. The van der Waals surface area contributed by atoms with Gasteiger partial charge in [-0.2, -0.15) is 0 Å². The molecule has 1 aromatic carbocycles. The van der Waals surface area contributed by atoms with Crippen LogP contribution in [0.5, 0.6) is 5.75 Å². The molecule has 0 saturated carbocycles. The maximum Gasteiger partial charge on any atom is 0.121 e. The van der Waals surface area contributed by atoms with Gasteiger partial charge in [0.15, 0.2) is 0 Å². The Morgan fingerprint density at radius 3 is 2.65 bits per heavy atom. The summed E-state index contributed by atoms with van der Waals surface area (Å²) in [4.78, 5) is 2.30. The topological polar surface area (TPSA) is 38.5 Å². The molecule has 0 saturated heterocycles. The molecule has 0 amide bonds. The lowest BCUT2D eigenvalue weighted by atomic mass is 10.1. The molecule has 0 aromatic heterocycles. The summed E-state index contributed by atoms with van der Waals surface area (Å²) in [6.07, 6.45) is 1.03. The number of benzene rings is 1. The van der Waals surface area contributed by atoms with E-state index in [9.17, 15) is 0 Å². The molecule has 0 fully saturated rings. The van der Waals surface area contributed by atoms with Crippen molar-refractivity contribution in [3.63, 3.8) is 0 Å². The third-order valence-corrected chi connectivity index (χ3v) is 2.88. The molecule has 0 heterocycles. The zero-order chi connectivity index (χ0) is 12.8. The molecule has 1 aromatic rings. The van der Waals surface area contributed by atoms with Gasteiger partial charge in [0.05, 0.1) is 7.11 Å². The van der Waals surface area contributed by atoms with Crippen molar-refractivity contribution in [3.8, 4) is 5.75 Å². The minimum absolute atomic E-state index is 0.273. The largest absolute Gasteiger partial charge is 0.496 e. The minimum atomic E-state index is 0.273. The van der Waals surface area contributed by atoms with Crippen molar-refractivity contribution in [2.45, 2.75) is 32.9 Å². The first-order valence-corrected chi connectivity index (χ1v) is 6.10. The number of aryl methyl sites for hydroxylation is 1. The fourth-order valence-corrected chi connectivity index (χ4v) is 1.85. The lowest BCUT2D eigenvalue weighted by Gasteiger charge is -2.18. The van der Waals surface area contributed by atoms with Crippen LogP contribution in [0.3, 0.4) is 0 Å². The Balaban J connectivity index is 2.53. The van der Waals surface area contributed by atoms with E-state index < -0.39 is 0 Å². The van der Waals surface area contributed by atoms with Crippen LogP contribution in [0.1, 0.15) is 24.5 Å². The quantitative estimate of drug-likeness (QED) is 0.822. The van der Waals surface area contributed by atoms with Gasteiger partial charge in [-0.05, 0) is 51.1 Å². The van der Waals surface area contributed by atoms with Crippen LogP contribution < -0.4 is 10.5 Å². The van der Waals surface area contributed by atoms with E-state index in [1.54, 1.807) is 7.11 Å². The van der Waals surface area contributed by atoms with E-state index >= 15 is 0 Å². The van der Waals surface area contributed by atoms with Crippen molar-refractivity contribution >= 4 is 0 Å². The van der Waals surface area contributed by atoms with E-state index in [1.807, 2.05) is 13.0 Å². The van der Waals surface area contributed by atoms with Crippen LogP contribution >= 0.6 is 0 Å². The van der Waals surface area contributed by atoms with Gasteiger partial charge in [0.1, 0.15) is 5.75 Å². The molecule has 0 bridgehead atoms. The van der Waals surface area contributed by atoms with Gasteiger partial charge in [-0.25, -0.2) is 0 Å². The lowest BCUT2D eigenvalue weighted by Crippen LogP contribution is -2.25. The highest BCUT2D eigenvalue weighted by atomic mass is 16.5. The van der Waals surface area contributed by atoms with Gasteiger partial charge in [-0.1, -0.05) is 12.1 Å². The van der Waals surface area contributed by atoms with Gasteiger partial charge in [0.25, 0.3) is 0 Å². The van der Waals surface area contributed by atoms with Gasteiger partial charge in [0.2, 0.25) is 0 Å². The Hall–Kier alpha value is -1.06. The number of methoxy groups -OCH3 is 1. The Labute approximate surface area is 105 Å². The van der Waals surface area contributed by atoms with Gasteiger partial charge >= 0.3 is 0 Å². The molecule has 96 valence electrons. The van der Waals surface area contributed by atoms with E-state index in [0.717, 1.165) is 25.3 Å². The highest BCUT2D eigenvalue weighted by molar-refractivity contribution is 5.36. The number of rotatable bonds is 6. The van der Waals surface area contributed by atoms with Crippen LogP contribution in [0.4, 0.5) is 0 Å². The average molecular weight is 236 g/mol. The zero-order valence-corrected chi connectivity index (χ0v) is 11.4. The Morgan fingerprint density at radius 2 is 2.12 bits per heavy atom. The Kier molecular flexibility index (Phi) is 5.45. The second-order valence-electron chi connectivity index (χ2n) is 4.81. The molecule has 0 aliphatic heterocycles. The summed E-state index contributed by atoms with van der Waals surface area (Å²) in [5, 5.41) is 0. The van der Waals surface area contributed by atoms with Crippen molar-refractivity contribution < 1.29 is 4.74 Å². The molecular formula is C14H24N2O. The Bertz CT molecular complexity index is 350. The zero-order valence-electron chi connectivity index (χ0n) is 11.4. The van der Waals surface area contributed by atoms with Crippen molar-refractivity contribution in [1.29, 1.82) is 0 Å². The molecular weight excluding hydrogens is 212 g/mol. The molecule has 1 unspecified atom stereocenters. The van der Waals surface area contributed by atoms with Crippen LogP contribution in [0.15, 0.2) is 18.2 Å². The van der Waals surface area contributed by atoms with E-state index in [4.69, 9.17) is 10.5 Å². The van der Waals surface area contributed by atoms with Crippen molar-refractivity contribution in [2.24, 2.45) is 5.73 Å².